The van der Waals surface area contributed by atoms with Gasteiger partial charge < -0.3 is 14.8 Å². The van der Waals surface area contributed by atoms with Crippen molar-refractivity contribution in [2.75, 3.05) is 7.11 Å². The van der Waals surface area contributed by atoms with E-state index in [0.717, 1.165) is 28.2 Å². The highest BCUT2D eigenvalue weighted by Crippen LogP contribution is 2.41. The summed E-state index contributed by atoms with van der Waals surface area (Å²) in [5.74, 6) is 1.41. The fourth-order valence-electron chi connectivity index (χ4n) is 3.77. The Balaban J connectivity index is 1.55. The van der Waals surface area contributed by atoms with Gasteiger partial charge in [0, 0.05) is 23.6 Å². The van der Waals surface area contributed by atoms with Gasteiger partial charge in [0.05, 0.1) is 13.2 Å². The van der Waals surface area contributed by atoms with Crippen LogP contribution in [0.2, 0.25) is 0 Å². The average molecular weight is 387 g/mol. The first-order chi connectivity index (χ1) is 13.9. The second-order valence-electron chi connectivity index (χ2n) is 7.94. The monoisotopic (exact) mass is 387 g/mol. The highest BCUT2D eigenvalue weighted by molar-refractivity contribution is 5.95. The number of hydrogen-bond acceptors (Lipinski definition) is 3. The van der Waals surface area contributed by atoms with E-state index in [1.165, 1.54) is 0 Å². The maximum atomic E-state index is 12.9. The number of rotatable bonds is 4. The summed E-state index contributed by atoms with van der Waals surface area (Å²) in [7, 11) is 1.63. The normalized spacial score (nSPS) is 17.0. The highest BCUT2D eigenvalue weighted by atomic mass is 16.5. The van der Waals surface area contributed by atoms with Crippen LogP contribution in [0.25, 0.3) is 11.1 Å². The molecule has 3 aromatic carbocycles. The number of benzene rings is 3. The van der Waals surface area contributed by atoms with Crippen molar-refractivity contribution in [2.24, 2.45) is 0 Å². The van der Waals surface area contributed by atoms with E-state index in [0.29, 0.717) is 12.0 Å². The van der Waals surface area contributed by atoms with Crippen molar-refractivity contribution >= 4 is 5.91 Å². The van der Waals surface area contributed by atoms with Gasteiger partial charge in [-0.2, -0.15) is 0 Å². The Labute approximate surface area is 171 Å². The zero-order valence-electron chi connectivity index (χ0n) is 16.9. The van der Waals surface area contributed by atoms with Crippen LogP contribution in [0.3, 0.4) is 0 Å². The molecule has 29 heavy (non-hydrogen) atoms. The molecule has 1 amide bonds. The molecule has 0 bridgehead atoms. The van der Waals surface area contributed by atoms with Crippen LogP contribution in [0.1, 0.15) is 42.2 Å². The van der Waals surface area contributed by atoms with Crippen LogP contribution in [0.5, 0.6) is 11.5 Å². The minimum absolute atomic E-state index is 0.0888. The second-order valence-corrected chi connectivity index (χ2v) is 7.94. The summed E-state index contributed by atoms with van der Waals surface area (Å²) < 4.78 is 11.4. The van der Waals surface area contributed by atoms with Crippen LogP contribution in [-0.4, -0.2) is 18.6 Å². The van der Waals surface area contributed by atoms with Gasteiger partial charge in [0.1, 0.15) is 17.1 Å². The molecule has 4 heteroatoms. The van der Waals surface area contributed by atoms with E-state index in [4.69, 9.17) is 9.47 Å². The molecule has 1 aliphatic heterocycles. The van der Waals surface area contributed by atoms with Gasteiger partial charge in [0.2, 0.25) is 0 Å². The zero-order chi connectivity index (χ0) is 20.4. The molecular formula is C25H25NO3. The number of fused-ring (bicyclic) bond motifs is 1. The molecule has 4 nitrogen and oxygen atoms in total. The van der Waals surface area contributed by atoms with Gasteiger partial charge in [-0.1, -0.05) is 42.5 Å². The first-order valence-corrected chi connectivity index (χ1v) is 9.78. The molecule has 0 saturated heterocycles. The number of carbonyl (C=O) groups excluding carboxylic acids is 1. The summed E-state index contributed by atoms with van der Waals surface area (Å²) in [6, 6.07) is 23.5. The molecule has 0 radical (unpaired) electrons. The predicted octanol–water partition coefficient (Wildman–Crippen LogP) is 5.39. The molecule has 1 N–H and O–H groups in total. The number of ether oxygens (including phenoxy) is 2. The lowest BCUT2D eigenvalue weighted by Crippen LogP contribution is -2.41. The van der Waals surface area contributed by atoms with Gasteiger partial charge in [0.25, 0.3) is 5.91 Å². The fraction of sp³-hybridized carbons (Fsp3) is 0.240. The number of hydrogen-bond donors (Lipinski definition) is 1. The lowest BCUT2D eigenvalue weighted by atomic mass is 9.89. The smallest absolute Gasteiger partial charge is 0.251 e. The molecule has 1 atom stereocenters. The van der Waals surface area contributed by atoms with E-state index in [2.05, 4.69) is 17.4 Å². The Bertz CT molecular complexity index is 1010. The van der Waals surface area contributed by atoms with Gasteiger partial charge in [0.15, 0.2) is 0 Å². The molecule has 0 unspecified atom stereocenters. The first-order valence-electron chi connectivity index (χ1n) is 9.78. The SMILES string of the molecule is COc1ccc2c(c1)OC(C)(C)C[C@H]2NC(=O)c1ccc(-c2ccccc2)cc1. The number of nitrogens with one attached hydrogen (secondary N) is 1. The molecule has 0 spiro atoms. The quantitative estimate of drug-likeness (QED) is 0.652. The zero-order valence-corrected chi connectivity index (χ0v) is 16.9. The summed E-state index contributed by atoms with van der Waals surface area (Å²) in [6.45, 7) is 4.06. The van der Waals surface area contributed by atoms with Gasteiger partial charge >= 0.3 is 0 Å². The summed E-state index contributed by atoms with van der Waals surface area (Å²) >= 11 is 0. The third-order valence-corrected chi connectivity index (χ3v) is 5.24. The van der Waals surface area contributed by atoms with Crippen molar-refractivity contribution in [1.29, 1.82) is 0 Å². The van der Waals surface area contributed by atoms with Gasteiger partial charge in [-0.05, 0) is 49.2 Å². The molecule has 0 aliphatic carbocycles. The van der Waals surface area contributed by atoms with Crippen molar-refractivity contribution in [1.82, 2.24) is 5.32 Å². The van der Waals surface area contributed by atoms with Crippen LogP contribution in [-0.2, 0) is 0 Å². The standard InChI is InChI=1S/C25H25NO3/c1-25(2)16-22(21-14-13-20(28-3)15-23(21)29-25)26-24(27)19-11-9-18(10-12-19)17-7-5-4-6-8-17/h4-15,22H,16H2,1-3H3,(H,26,27)/t22-/m1/s1. The molecule has 0 aromatic heterocycles. The van der Waals surface area contributed by atoms with Gasteiger partial charge in [-0.3, -0.25) is 4.79 Å². The molecule has 1 heterocycles. The van der Waals surface area contributed by atoms with E-state index < -0.39 is 0 Å². The number of amides is 1. The molecule has 0 saturated carbocycles. The third kappa shape index (κ3) is 4.11. The summed E-state index contributed by atoms with van der Waals surface area (Å²) in [5, 5.41) is 3.18. The second kappa shape index (κ2) is 7.63. The summed E-state index contributed by atoms with van der Waals surface area (Å²) in [4.78, 5) is 12.9. The Morgan fingerprint density at radius 3 is 2.38 bits per heavy atom. The fourth-order valence-corrected chi connectivity index (χ4v) is 3.77. The van der Waals surface area contributed by atoms with Gasteiger partial charge in [-0.25, -0.2) is 0 Å². The van der Waals surface area contributed by atoms with E-state index >= 15 is 0 Å². The number of methoxy groups -OCH3 is 1. The molecule has 1 aliphatic rings. The van der Waals surface area contributed by atoms with Crippen LogP contribution in [0, 0.1) is 0 Å². The predicted molar refractivity (Wildman–Crippen MR) is 114 cm³/mol. The van der Waals surface area contributed by atoms with E-state index in [-0.39, 0.29) is 17.6 Å². The van der Waals surface area contributed by atoms with E-state index in [9.17, 15) is 4.79 Å². The molecule has 0 fully saturated rings. The van der Waals surface area contributed by atoms with Crippen molar-refractivity contribution in [3.05, 3.63) is 83.9 Å². The molecule has 3 aromatic rings. The number of carbonyl (C=O) groups is 1. The molecular weight excluding hydrogens is 362 g/mol. The van der Waals surface area contributed by atoms with Gasteiger partial charge in [-0.15, -0.1) is 0 Å². The Morgan fingerprint density at radius 2 is 1.69 bits per heavy atom. The van der Waals surface area contributed by atoms with Crippen LogP contribution < -0.4 is 14.8 Å². The Hall–Kier alpha value is -3.27. The first kappa shape index (κ1) is 19.1. The minimum Gasteiger partial charge on any atom is -0.497 e. The molecule has 4 rings (SSSR count). The van der Waals surface area contributed by atoms with Crippen LogP contribution >= 0.6 is 0 Å². The maximum Gasteiger partial charge on any atom is 0.251 e. The largest absolute Gasteiger partial charge is 0.497 e. The van der Waals surface area contributed by atoms with Crippen molar-refractivity contribution in [3.8, 4) is 22.6 Å². The maximum absolute atomic E-state index is 12.9. The molecule has 148 valence electrons. The van der Waals surface area contributed by atoms with Crippen molar-refractivity contribution in [3.63, 3.8) is 0 Å². The van der Waals surface area contributed by atoms with E-state index in [1.807, 2.05) is 74.5 Å². The highest BCUT2D eigenvalue weighted by Gasteiger charge is 2.35. The van der Waals surface area contributed by atoms with Crippen molar-refractivity contribution in [2.45, 2.75) is 31.9 Å². The topological polar surface area (TPSA) is 47.6 Å². The lowest BCUT2D eigenvalue weighted by molar-refractivity contribution is 0.0617. The lowest BCUT2D eigenvalue weighted by Gasteiger charge is -2.38. The average Bonchev–Trinajstić information content (AvgIpc) is 2.73. The Kier molecular flexibility index (Phi) is 5.01. The summed E-state index contributed by atoms with van der Waals surface area (Å²) in [6.07, 6.45) is 0.695. The van der Waals surface area contributed by atoms with E-state index in [1.54, 1.807) is 7.11 Å². The van der Waals surface area contributed by atoms with Crippen LogP contribution in [0.15, 0.2) is 72.8 Å². The van der Waals surface area contributed by atoms with Crippen molar-refractivity contribution < 1.29 is 14.3 Å². The third-order valence-electron chi connectivity index (χ3n) is 5.24. The minimum atomic E-state index is -0.380. The Morgan fingerprint density at radius 1 is 1.00 bits per heavy atom. The summed E-state index contributed by atoms with van der Waals surface area (Å²) in [5.41, 5.74) is 3.46. The van der Waals surface area contributed by atoms with Crippen LogP contribution in [0.4, 0.5) is 0 Å².